The van der Waals surface area contributed by atoms with Gasteiger partial charge in [0.2, 0.25) is 5.95 Å². The fourth-order valence-corrected chi connectivity index (χ4v) is 2.16. The molecule has 1 rings (SSSR count). The Hall–Kier alpha value is -1.03. The first kappa shape index (κ1) is 15.0. The molecule has 0 saturated carbocycles. The fraction of sp³-hybridized carbons (Fsp3) is 0.692. The molecule has 0 aliphatic rings. The Kier molecular flexibility index (Phi) is 6.19. The molecule has 0 aromatic carbocycles. The second-order valence-electron chi connectivity index (χ2n) is 4.37. The van der Waals surface area contributed by atoms with Crippen LogP contribution in [0.15, 0.2) is 6.20 Å². The van der Waals surface area contributed by atoms with Crippen LogP contribution in [0.1, 0.15) is 40.0 Å². The summed E-state index contributed by atoms with van der Waals surface area (Å²) in [6, 6.07) is 0.455. The van der Waals surface area contributed by atoms with E-state index < -0.39 is 0 Å². The van der Waals surface area contributed by atoms with Crippen molar-refractivity contribution in [3.8, 4) is 0 Å². The van der Waals surface area contributed by atoms with Gasteiger partial charge in [-0.15, -0.1) is 0 Å². The summed E-state index contributed by atoms with van der Waals surface area (Å²) >= 11 is 6.19. The van der Waals surface area contributed by atoms with Crippen molar-refractivity contribution in [1.82, 2.24) is 9.97 Å². The highest BCUT2D eigenvalue weighted by molar-refractivity contribution is 6.32. The molecule has 1 aromatic rings. The van der Waals surface area contributed by atoms with E-state index in [4.69, 9.17) is 11.6 Å². The Morgan fingerprint density at radius 2 is 2.00 bits per heavy atom. The molecular formula is C13H23ClN4. The first-order chi connectivity index (χ1) is 8.63. The van der Waals surface area contributed by atoms with Crippen LogP contribution in [0.2, 0.25) is 5.02 Å². The average Bonchev–Trinajstić information content (AvgIpc) is 2.39. The van der Waals surface area contributed by atoms with Crippen molar-refractivity contribution in [2.24, 2.45) is 0 Å². The Labute approximate surface area is 115 Å². The van der Waals surface area contributed by atoms with Crippen molar-refractivity contribution in [2.45, 2.75) is 46.1 Å². The first-order valence-electron chi connectivity index (χ1n) is 6.63. The molecule has 0 aliphatic heterocycles. The van der Waals surface area contributed by atoms with E-state index in [1.807, 2.05) is 7.05 Å². The zero-order valence-corrected chi connectivity index (χ0v) is 12.5. The first-order valence-corrected chi connectivity index (χ1v) is 7.01. The van der Waals surface area contributed by atoms with Gasteiger partial charge in [0.15, 0.2) is 5.82 Å². The monoisotopic (exact) mass is 270 g/mol. The summed E-state index contributed by atoms with van der Waals surface area (Å²) < 4.78 is 0. The van der Waals surface area contributed by atoms with E-state index in [1.54, 1.807) is 6.20 Å². The molecule has 0 spiro atoms. The number of anilines is 2. The summed E-state index contributed by atoms with van der Waals surface area (Å²) in [5, 5.41) is 3.79. The van der Waals surface area contributed by atoms with Crippen LogP contribution >= 0.6 is 11.6 Å². The van der Waals surface area contributed by atoms with E-state index in [0.717, 1.165) is 31.6 Å². The predicted octanol–water partition coefficient (Wildman–Crippen LogP) is 3.58. The summed E-state index contributed by atoms with van der Waals surface area (Å²) in [6.07, 6.45) is 4.86. The maximum absolute atomic E-state index is 6.19. The van der Waals surface area contributed by atoms with Crippen LogP contribution in [0.3, 0.4) is 0 Å². The van der Waals surface area contributed by atoms with Gasteiger partial charge in [-0.05, 0) is 19.3 Å². The Morgan fingerprint density at radius 3 is 2.56 bits per heavy atom. The lowest BCUT2D eigenvalue weighted by Gasteiger charge is -2.28. The number of nitrogens with zero attached hydrogens (tertiary/aromatic N) is 3. The average molecular weight is 271 g/mol. The number of hydrogen-bond donors (Lipinski definition) is 1. The number of halogens is 1. The molecule has 0 atom stereocenters. The van der Waals surface area contributed by atoms with Gasteiger partial charge >= 0.3 is 0 Å². The summed E-state index contributed by atoms with van der Waals surface area (Å²) in [4.78, 5) is 10.8. The zero-order valence-electron chi connectivity index (χ0n) is 11.7. The molecule has 1 aromatic heterocycles. The minimum absolute atomic E-state index is 0.455. The lowest BCUT2D eigenvalue weighted by atomic mass is 10.1. The number of aromatic nitrogens is 2. The van der Waals surface area contributed by atoms with Crippen LogP contribution in [-0.4, -0.2) is 29.6 Å². The van der Waals surface area contributed by atoms with Gasteiger partial charge in [-0.1, -0.05) is 32.4 Å². The van der Waals surface area contributed by atoms with Crippen LogP contribution in [0.5, 0.6) is 0 Å². The van der Waals surface area contributed by atoms with Crippen molar-refractivity contribution < 1.29 is 0 Å². The topological polar surface area (TPSA) is 41.1 Å². The van der Waals surface area contributed by atoms with E-state index in [2.05, 4.69) is 41.0 Å². The smallest absolute Gasteiger partial charge is 0.224 e. The summed E-state index contributed by atoms with van der Waals surface area (Å²) in [7, 11) is 2.04. The largest absolute Gasteiger partial charge is 0.355 e. The normalized spacial score (nSPS) is 10.8. The molecule has 4 nitrogen and oxygen atoms in total. The third-order valence-corrected chi connectivity index (χ3v) is 3.35. The van der Waals surface area contributed by atoms with E-state index >= 15 is 0 Å². The van der Waals surface area contributed by atoms with E-state index in [-0.39, 0.29) is 0 Å². The van der Waals surface area contributed by atoms with Crippen LogP contribution in [0.4, 0.5) is 11.8 Å². The van der Waals surface area contributed by atoms with Gasteiger partial charge in [0.05, 0.1) is 6.20 Å². The van der Waals surface area contributed by atoms with Crippen molar-refractivity contribution in [3.63, 3.8) is 0 Å². The predicted molar refractivity (Wildman–Crippen MR) is 78.6 cm³/mol. The van der Waals surface area contributed by atoms with E-state index in [9.17, 15) is 0 Å². The minimum atomic E-state index is 0.455. The molecule has 5 heteroatoms. The summed E-state index contributed by atoms with van der Waals surface area (Å²) in [6.45, 7) is 7.34. The molecule has 1 N–H and O–H groups in total. The molecular weight excluding hydrogens is 248 g/mol. The second kappa shape index (κ2) is 7.41. The molecule has 0 unspecified atom stereocenters. The van der Waals surface area contributed by atoms with Crippen molar-refractivity contribution in [3.05, 3.63) is 11.2 Å². The highest BCUT2D eigenvalue weighted by Gasteiger charge is 2.16. The molecule has 0 fully saturated rings. The molecule has 0 amide bonds. The third-order valence-electron chi connectivity index (χ3n) is 3.08. The summed E-state index contributed by atoms with van der Waals surface area (Å²) in [5.41, 5.74) is 0. The van der Waals surface area contributed by atoms with Gasteiger partial charge in [-0.2, -0.15) is 4.98 Å². The Balaban J connectivity index is 2.91. The number of hydrogen-bond acceptors (Lipinski definition) is 4. The quantitative estimate of drug-likeness (QED) is 0.822. The van der Waals surface area contributed by atoms with Gasteiger partial charge in [0.1, 0.15) is 5.02 Å². The number of nitrogens with one attached hydrogen (secondary N) is 1. The highest BCUT2D eigenvalue weighted by Crippen LogP contribution is 2.25. The lowest BCUT2D eigenvalue weighted by Crippen LogP contribution is -2.31. The van der Waals surface area contributed by atoms with Gasteiger partial charge in [-0.25, -0.2) is 4.98 Å². The van der Waals surface area contributed by atoms with Crippen LogP contribution < -0.4 is 10.2 Å². The van der Waals surface area contributed by atoms with Gasteiger partial charge < -0.3 is 10.2 Å². The maximum Gasteiger partial charge on any atom is 0.224 e. The van der Waals surface area contributed by atoms with Crippen LogP contribution in [0.25, 0.3) is 0 Å². The van der Waals surface area contributed by atoms with Crippen LogP contribution in [-0.2, 0) is 0 Å². The SMILES string of the molecule is CCCNc1ncc(Cl)c(N(C)C(CC)CC)n1. The maximum atomic E-state index is 6.19. The fourth-order valence-electron chi connectivity index (χ4n) is 1.94. The standard InChI is InChI=1S/C13H23ClN4/c1-5-8-15-13-16-9-11(14)12(17-13)18(4)10(6-2)7-3/h9-10H,5-8H2,1-4H3,(H,15,16,17). The second-order valence-corrected chi connectivity index (χ2v) is 4.78. The molecule has 0 radical (unpaired) electrons. The lowest BCUT2D eigenvalue weighted by molar-refractivity contribution is 0.586. The Bertz CT molecular complexity index is 366. The van der Waals surface area contributed by atoms with Crippen molar-refractivity contribution >= 4 is 23.4 Å². The number of rotatable bonds is 7. The van der Waals surface area contributed by atoms with E-state index in [1.165, 1.54) is 0 Å². The summed E-state index contributed by atoms with van der Waals surface area (Å²) in [5.74, 6) is 1.45. The van der Waals surface area contributed by atoms with Gasteiger partial charge in [0.25, 0.3) is 0 Å². The molecule has 18 heavy (non-hydrogen) atoms. The van der Waals surface area contributed by atoms with Gasteiger partial charge in [0, 0.05) is 19.6 Å². The van der Waals surface area contributed by atoms with E-state index in [0.29, 0.717) is 17.0 Å². The Morgan fingerprint density at radius 1 is 1.33 bits per heavy atom. The van der Waals surface area contributed by atoms with Gasteiger partial charge in [-0.3, -0.25) is 0 Å². The van der Waals surface area contributed by atoms with Crippen LogP contribution in [0, 0.1) is 0 Å². The zero-order chi connectivity index (χ0) is 13.5. The van der Waals surface area contributed by atoms with Crippen molar-refractivity contribution in [1.29, 1.82) is 0 Å². The highest BCUT2D eigenvalue weighted by atomic mass is 35.5. The molecule has 0 bridgehead atoms. The molecule has 0 aliphatic carbocycles. The molecule has 0 saturated heterocycles. The molecule has 102 valence electrons. The minimum Gasteiger partial charge on any atom is -0.355 e. The third kappa shape index (κ3) is 3.73. The van der Waals surface area contributed by atoms with Crippen molar-refractivity contribution in [2.75, 3.05) is 23.8 Å². The molecule has 1 heterocycles.